The third-order valence-corrected chi connectivity index (χ3v) is 3.85. The largest absolute Gasteiger partial charge is 0.492 e. The van der Waals surface area contributed by atoms with E-state index in [-0.39, 0.29) is 43.8 Å². The zero-order valence-corrected chi connectivity index (χ0v) is 14.6. The summed E-state index contributed by atoms with van der Waals surface area (Å²) in [6.45, 7) is 0.641. The van der Waals surface area contributed by atoms with Crippen LogP contribution < -0.4 is 10.1 Å². The Morgan fingerprint density at radius 2 is 2.08 bits per heavy atom. The molecule has 26 heavy (non-hydrogen) atoms. The Bertz CT molecular complexity index is 628. The zero-order valence-electron chi connectivity index (χ0n) is 13.8. The number of nitrogens with zero attached hydrogens (tertiary/aromatic N) is 1. The molecule has 0 saturated carbocycles. The molecule has 146 valence electrons. The molecular formula is C16H20ClF3N2O4. The molecule has 0 bridgehead atoms. The molecule has 1 fully saturated rings. The van der Waals surface area contributed by atoms with Gasteiger partial charge in [0, 0.05) is 0 Å². The summed E-state index contributed by atoms with van der Waals surface area (Å²) in [6, 6.07) is 3.84. The van der Waals surface area contributed by atoms with E-state index in [1.807, 2.05) is 0 Å². The highest BCUT2D eigenvalue weighted by Crippen LogP contribution is 2.31. The summed E-state index contributed by atoms with van der Waals surface area (Å²) in [5, 5.41) is 11.6. The Labute approximate surface area is 154 Å². The molecule has 1 heterocycles. The van der Waals surface area contributed by atoms with Crippen molar-refractivity contribution in [3.8, 4) is 5.75 Å². The number of ether oxygens (including phenoxy) is 1. The minimum Gasteiger partial charge on any atom is -0.492 e. The molecule has 0 aliphatic carbocycles. The number of carboxylic acid groups (broad SMARTS) is 1. The number of benzene rings is 1. The van der Waals surface area contributed by atoms with Crippen molar-refractivity contribution in [2.45, 2.75) is 25.1 Å². The van der Waals surface area contributed by atoms with Crippen LogP contribution >= 0.6 is 12.4 Å². The molecule has 1 amide bonds. The van der Waals surface area contributed by atoms with E-state index < -0.39 is 23.8 Å². The first-order valence-electron chi connectivity index (χ1n) is 7.81. The Kier molecular flexibility index (Phi) is 8.16. The van der Waals surface area contributed by atoms with Crippen LogP contribution in [0.15, 0.2) is 24.3 Å². The Morgan fingerprint density at radius 1 is 1.35 bits per heavy atom. The summed E-state index contributed by atoms with van der Waals surface area (Å²) in [5.41, 5.74) is -0.803. The fourth-order valence-electron chi connectivity index (χ4n) is 2.66. The molecule has 1 aliphatic heterocycles. The molecular weight excluding hydrogens is 377 g/mol. The third-order valence-electron chi connectivity index (χ3n) is 3.85. The fraction of sp³-hybridized carbons (Fsp3) is 0.500. The molecule has 2 rings (SSSR count). The van der Waals surface area contributed by atoms with Gasteiger partial charge in [-0.2, -0.15) is 13.2 Å². The van der Waals surface area contributed by atoms with Crippen LogP contribution in [0.4, 0.5) is 13.2 Å². The van der Waals surface area contributed by atoms with Gasteiger partial charge in [-0.3, -0.25) is 14.5 Å². The highest BCUT2D eigenvalue weighted by atomic mass is 35.5. The summed E-state index contributed by atoms with van der Waals surface area (Å²) in [7, 11) is 0. The number of halogens is 4. The molecule has 6 nitrogen and oxygen atoms in total. The Balaban J connectivity index is 0.00000338. The summed E-state index contributed by atoms with van der Waals surface area (Å²) < 4.78 is 43.0. The molecule has 1 aliphatic rings. The average molecular weight is 397 g/mol. The van der Waals surface area contributed by atoms with E-state index in [4.69, 9.17) is 9.84 Å². The van der Waals surface area contributed by atoms with E-state index in [0.29, 0.717) is 13.0 Å². The van der Waals surface area contributed by atoms with E-state index in [2.05, 4.69) is 5.32 Å². The van der Waals surface area contributed by atoms with Gasteiger partial charge in [0.2, 0.25) is 5.91 Å². The highest BCUT2D eigenvalue weighted by Gasteiger charge is 2.32. The predicted molar refractivity (Wildman–Crippen MR) is 89.4 cm³/mol. The van der Waals surface area contributed by atoms with Gasteiger partial charge in [-0.1, -0.05) is 6.07 Å². The molecule has 0 unspecified atom stereocenters. The van der Waals surface area contributed by atoms with Crippen LogP contribution in [0.3, 0.4) is 0 Å². The SMILES string of the molecule is Cl.O=C(CN1CCC[C@@H]1C(=O)O)NCCOc1cccc(C(F)(F)F)c1. The van der Waals surface area contributed by atoms with Crippen molar-refractivity contribution in [1.82, 2.24) is 10.2 Å². The van der Waals surface area contributed by atoms with Gasteiger partial charge in [-0.25, -0.2) is 0 Å². The maximum atomic E-state index is 12.6. The van der Waals surface area contributed by atoms with Crippen molar-refractivity contribution in [3.05, 3.63) is 29.8 Å². The number of aliphatic carboxylic acids is 1. The molecule has 1 atom stereocenters. The van der Waals surface area contributed by atoms with Crippen LogP contribution in [-0.4, -0.2) is 54.2 Å². The van der Waals surface area contributed by atoms with E-state index in [1.54, 1.807) is 4.90 Å². The van der Waals surface area contributed by atoms with Crippen molar-refractivity contribution in [2.24, 2.45) is 0 Å². The van der Waals surface area contributed by atoms with Crippen molar-refractivity contribution in [1.29, 1.82) is 0 Å². The van der Waals surface area contributed by atoms with Gasteiger partial charge >= 0.3 is 12.1 Å². The lowest BCUT2D eigenvalue weighted by atomic mass is 10.2. The number of likely N-dealkylation sites (tertiary alicyclic amines) is 1. The van der Waals surface area contributed by atoms with Crippen LogP contribution in [0, 0.1) is 0 Å². The Morgan fingerprint density at radius 3 is 2.73 bits per heavy atom. The minimum atomic E-state index is -4.44. The lowest BCUT2D eigenvalue weighted by Gasteiger charge is -2.20. The molecule has 10 heteroatoms. The van der Waals surface area contributed by atoms with Gasteiger partial charge in [-0.15, -0.1) is 12.4 Å². The van der Waals surface area contributed by atoms with Gasteiger partial charge in [0.25, 0.3) is 0 Å². The van der Waals surface area contributed by atoms with Crippen LogP contribution in [0.25, 0.3) is 0 Å². The first-order chi connectivity index (χ1) is 11.8. The maximum Gasteiger partial charge on any atom is 0.416 e. The normalized spacial score (nSPS) is 17.4. The second-order valence-corrected chi connectivity index (χ2v) is 5.69. The molecule has 0 spiro atoms. The van der Waals surface area contributed by atoms with Crippen molar-refractivity contribution < 1.29 is 32.6 Å². The number of hydrogen-bond acceptors (Lipinski definition) is 4. The van der Waals surface area contributed by atoms with Crippen molar-refractivity contribution in [2.75, 3.05) is 26.2 Å². The molecule has 1 aromatic carbocycles. The zero-order chi connectivity index (χ0) is 18.4. The second-order valence-electron chi connectivity index (χ2n) is 5.69. The van der Waals surface area contributed by atoms with E-state index in [1.165, 1.54) is 12.1 Å². The number of carboxylic acids is 1. The number of amides is 1. The molecule has 2 N–H and O–H groups in total. The summed E-state index contributed by atoms with van der Waals surface area (Å²) in [4.78, 5) is 24.4. The monoisotopic (exact) mass is 396 g/mol. The van der Waals surface area contributed by atoms with Gasteiger partial charge in [0.1, 0.15) is 18.4 Å². The number of carbonyl (C=O) groups excluding carboxylic acids is 1. The standard InChI is InChI=1S/C16H19F3N2O4.ClH/c17-16(18,19)11-3-1-4-12(9-11)25-8-6-20-14(22)10-21-7-2-5-13(21)15(23)24;/h1,3-4,9,13H,2,5-8,10H2,(H,20,22)(H,23,24);1H/t13-;/m1./s1. The molecule has 0 aromatic heterocycles. The topological polar surface area (TPSA) is 78.9 Å². The number of hydrogen-bond donors (Lipinski definition) is 2. The fourth-order valence-corrected chi connectivity index (χ4v) is 2.66. The third kappa shape index (κ3) is 6.38. The van der Waals surface area contributed by atoms with E-state index in [9.17, 15) is 22.8 Å². The Hall–Kier alpha value is -2.00. The number of rotatable bonds is 7. The predicted octanol–water partition coefficient (Wildman–Crippen LogP) is 2.17. The first kappa shape index (κ1) is 22.0. The van der Waals surface area contributed by atoms with E-state index in [0.717, 1.165) is 18.6 Å². The van der Waals surface area contributed by atoms with Crippen LogP contribution in [0.1, 0.15) is 18.4 Å². The number of carbonyl (C=O) groups is 2. The van der Waals surface area contributed by atoms with Crippen LogP contribution in [-0.2, 0) is 15.8 Å². The van der Waals surface area contributed by atoms with Crippen molar-refractivity contribution in [3.63, 3.8) is 0 Å². The van der Waals surface area contributed by atoms with Gasteiger partial charge in [-0.05, 0) is 37.6 Å². The summed E-state index contributed by atoms with van der Waals surface area (Å²) in [6.07, 6.45) is -3.20. The lowest BCUT2D eigenvalue weighted by molar-refractivity contribution is -0.142. The van der Waals surface area contributed by atoms with Crippen molar-refractivity contribution >= 4 is 24.3 Å². The minimum absolute atomic E-state index is 0. The van der Waals surface area contributed by atoms with Gasteiger partial charge in [0.15, 0.2) is 0 Å². The van der Waals surface area contributed by atoms with Gasteiger partial charge in [0.05, 0.1) is 18.7 Å². The summed E-state index contributed by atoms with van der Waals surface area (Å²) in [5.74, 6) is -1.23. The smallest absolute Gasteiger partial charge is 0.416 e. The maximum absolute atomic E-state index is 12.6. The number of alkyl halides is 3. The molecule has 1 aromatic rings. The van der Waals surface area contributed by atoms with Crippen LogP contribution in [0.2, 0.25) is 0 Å². The lowest BCUT2D eigenvalue weighted by Crippen LogP contribution is -2.43. The quantitative estimate of drug-likeness (QED) is 0.691. The second kappa shape index (κ2) is 9.63. The average Bonchev–Trinajstić information content (AvgIpc) is 2.99. The number of nitrogens with one attached hydrogen (secondary N) is 1. The van der Waals surface area contributed by atoms with Gasteiger partial charge < -0.3 is 15.2 Å². The highest BCUT2D eigenvalue weighted by molar-refractivity contribution is 5.85. The molecule has 0 radical (unpaired) electrons. The van der Waals surface area contributed by atoms with E-state index >= 15 is 0 Å². The van der Waals surface area contributed by atoms with Crippen LogP contribution in [0.5, 0.6) is 5.75 Å². The summed E-state index contributed by atoms with van der Waals surface area (Å²) >= 11 is 0. The molecule has 1 saturated heterocycles. The first-order valence-corrected chi connectivity index (χ1v) is 7.81.